The van der Waals surface area contributed by atoms with E-state index >= 15 is 0 Å². The van der Waals surface area contributed by atoms with Gasteiger partial charge in [0.05, 0.1) is 11.4 Å². The lowest BCUT2D eigenvalue weighted by Crippen LogP contribution is -1.97. The Hall–Kier alpha value is -0.890. The van der Waals surface area contributed by atoms with Crippen LogP contribution < -0.4 is 0 Å². The molecule has 0 N–H and O–H groups in total. The first-order valence-electron chi connectivity index (χ1n) is 3.30. The van der Waals surface area contributed by atoms with Crippen molar-refractivity contribution in [2.24, 2.45) is 4.99 Å². The predicted molar refractivity (Wildman–Crippen MR) is 47.4 cm³/mol. The largest absolute Gasteiger partial charge is 0.291 e. The van der Waals surface area contributed by atoms with Crippen LogP contribution in [-0.4, -0.2) is 17.7 Å². The second-order valence-corrected chi connectivity index (χ2v) is 2.54. The van der Waals surface area contributed by atoms with Crippen LogP contribution >= 0.6 is 11.6 Å². The summed E-state index contributed by atoms with van der Waals surface area (Å²) in [7, 11) is 1.73. The molecular weight excluding hydrogens is 160 g/mol. The van der Waals surface area contributed by atoms with Crippen molar-refractivity contribution in [2.45, 2.75) is 6.92 Å². The lowest BCUT2D eigenvalue weighted by Gasteiger charge is -1.97. The number of hydrogen-bond donors (Lipinski definition) is 0. The first-order valence-corrected chi connectivity index (χ1v) is 3.68. The van der Waals surface area contributed by atoms with Crippen molar-refractivity contribution in [3.05, 3.63) is 29.0 Å². The molecule has 0 aliphatic rings. The van der Waals surface area contributed by atoms with Crippen molar-refractivity contribution >= 4 is 17.3 Å². The molecule has 1 aromatic rings. The van der Waals surface area contributed by atoms with E-state index in [0.717, 1.165) is 11.4 Å². The van der Waals surface area contributed by atoms with Crippen LogP contribution in [0.25, 0.3) is 0 Å². The summed E-state index contributed by atoms with van der Waals surface area (Å²) in [6.45, 7) is 1.90. The quantitative estimate of drug-likeness (QED) is 0.466. The summed E-state index contributed by atoms with van der Waals surface area (Å²) >= 11 is 5.68. The van der Waals surface area contributed by atoms with Gasteiger partial charge in [0.2, 0.25) is 0 Å². The molecule has 0 spiro atoms. The van der Waals surface area contributed by atoms with E-state index in [9.17, 15) is 0 Å². The second kappa shape index (κ2) is 3.49. The summed E-state index contributed by atoms with van der Waals surface area (Å²) in [4.78, 5) is 8.07. The lowest BCUT2D eigenvalue weighted by atomic mass is 10.3. The van der Waals surface area contributed by atoms with Gasteiger partial charge >= 0.3 is 0 Å². The lowest BCUT2D eigenvalue weighted by molar-refractivity contribution is 1.27. The summed E-state index contributed by atoms with van der Waals surface area (Å²) in [5.41, 5.74) is 1.73. The van der Waals surface area contributed by atoms with Gasteiger partial charge in [-0.05, 0) is 19.1 Å². The third kappa shape index (κ3) is 2.02. The summed E-state index contributed by atoms with van der Waals surface area (Å²) in [6.07, 6.45) is 0. The minimum atomic E-state index is 0.505. The summed E-state index contributed by atoms with van der Waals surface area (Å²) in [5, 5.41) is 0.505. The van der Waals surface area contributed by atoms with Gasteiger partial charge < -0.3 is 0 Å². The fourth-order valence-corrected chi connectivity index (χ4v) is 0.888. The van der Waals surface area contributed by atoms with E-state index in [-0.39, 0.29) is 0 Å². The van der Waals surface area contributed by atoms with Crippen molar-refractivity contribution < 1.29 is 0 Å². The van der Waals surface area contributed by atoms with Crippen LogP contribution in [0.2, 0.25) is 5.15 Å². The van der Waals surface area contributed by atoms with E-state index in [0.29, 0.717) is 5.15 Å². The van der Waals surface area contributed by atoms with Crippen LogP contribution in [0.4, 0.5) is 0 Å². The number of nitrogens with zero attached hydrogens (tertiary/aromatic N) is 2. The third-order valence-electron chi connectivity index (χ3n) is 1.42. The molecule has 0 radical (unpaired) electrons. The maximum Gasteiger partial charge on any atom is 0.129 e. The van der Waals surface area contributed by atoms with Gasteiger partial charge in [-0.2, -0.15) is 0 Å². The average molecular weight is 169 g/mol. The molecule has 0 amide bonds. The highest BCUT2D eigenvalue weighted by atomic mass is 35.5. The molecule has 11 heavy (non-hydrogen) atoms. The van der Waals surface area contributed by atoms with Gasteiger partial charge in [0.15, 0.2) is 0 Å². The molecule has 0 saturated heterocycles. The molecule has 0 atom stereocenters. The summed E-state index contributed by atoms with van der Waals surface area (Å²) in [6, 6.07) is 5.49. The molecule has 0 fully saturated rings. The highest BCUT2D eigenvalue weighted by Crippen LogP contribution is 2.05. The Morgan fingerprint density at radius 2 is 2.27 bits per heavy atom. The number of pyridine rings is 1. The third-order valence-corrected chi connectivity index (χ3v) is 1.63. The number of halogens is 1. The Bertz CT molecular complexity index is 281. The SMILES string of the molecule is CN=C(C)c1cccc(Cl)n1. The highest BCUT2D eigenvalue weighted by Gasteiger charge is 1.96. The van der Waals surface area contributed by atoms with Gasteiger partial charge in [-0.3, -0.25) is 4.99 Å². The molecule has 1 aromatic heterocycles. The number of aromatic nitrogens is 1. The molecule has 58 valence electrons. The molecular formula is C8H9ClN2. The number of aliphatic imine (C=N–C) groups is 1. The predicted octanol–water partition coefficient (Wildman–Crippen LogP) is 2.17. The molecule has 0 aromatic carbocycles. The fraction of sp³-hybridized carbons (Fsp3) is 0.250. The zero-order chi connectivity index (χ0) is 8.27. The van der Waals surface area contributed by atoms with E-state index < -0.39 is 0 Å². The van der Waals surface area contributed by atoms with Crippen LogP contribution in [0.1, 0.15) is 12.6 Å². The first kappa shape index (κ1) is 8.21. The Kier molecular flexibility index (Phi) is 2.60. The van der Waals surface area contributed by atoms with E-state index in [1.165, 1.54) is 0 Å². The molecule has 0 aliphatic carbocycles. The van der Waals surface area contributed by atoms with Crippen molar-refractivity contribution in [1.29, 1.82) is 0 Å². The van der Waals surface area contributed by atoms with Gasteiger partial charge in [-0.1, -0.05) is 17.7 Å². The number of rotatable bonds is 1. The molecule has 3 heteroatoms. The second-order valence-electron chi connectivity index (χ2n) is 2.15. The van der Waals surface area contributed by atoms with Gasteiger partial charge in [0, 0.05) is 7.05 Å². The van der Waals surface area contributed by atoms with Crippen LogP contribution in [-0.2, 0) is 0 Å². The van der Waals surface area contributed by atoms with Crippen molar-refractivity contribution in [3.63, 3.8) is 0 Å². The fourth-order valence-electron chi connectivity index (χ4n) is 0.724. The maximum atomic E-state index is 5.68. The van der Waals surface area contributed by atoms with Gasteiger partial charge in [-0.15, -0.1) is 0 Å². The van der Waals surface area contributed by atoms with E-state index in [1.54, 1.807) is 13.1 Å². The first-order chi connectivity index (χ1) is 5.24. The Morgan fingerprint density at radius 3 is 2.82 bits per heavy atom. The minimum Gasteiger partial charge on any atom is -0.291 e. The van der Waals surface area contributed by atoms with Crippen molar-refractivity contribution in [1.82, 2.24) is 4.98 Å². The molecule has 1 rings (SSSR count). The highest BCUT2D eigenvalue weighted by molar-refractivity contribution is 6.29. The Balaban J connectivity index is 3.06. The van der Waals surface area contributed by atoms with Crippen molar-refractivity contribution in [2.75, 3.05) is 7.05 Å². The van der Waals surface area contributed by atoms with E-state index in [1.807, 2.05) is 19.1 Å². The van der Waals surface area contributed by atoms with Crippen LogP contribution in [0.15, 0.2) is 23.2 Å². The zero-order valence-corrected chi connectivity index (χ0v) is 7.26. The number of hydrogen-bond acceptors (Lipinski definition) is 2. The molecule has 2 nitrogen and oxygen atoms in total. The standard InChI is InChI=1S/C8H9ClN2/c1-6(10-2)7-4-3-5-8(9)11-7/h3-5H,1-2H3. The molecule has 1 heterocycles. The van der Waals surface area contributed by atoms with E-state index in [2.05, 4.69) is 9.98 Å². The molecule has 0 aliphatic heterocycles. The zero-order valence-electron chi connectivity index (χ0n) is 6.50. The van der Waals surface area contributed by atoms with Crippen LogP contribution in [0.5, 0.6) is 0 Å². The molecule has 0 saturated carbocycles. The van der Waals surface area contributed by atoms with Crippen LogP contribution in [0, 0.1) is 0 Å². The van der Waals surface area contributed by atoms with Gasteiger partial charge in [-0.25, -0.2) is 4.98 Å². The van der Waals surface area contributed by atoms with Gasteiger partial charge in [0.1, 0.15) is 5.15 Å². The molecule has 0 unspecified atom stereocenters. The van der Waals surface area contributed by atoms with Crippen LogP contribution in [0.3, 0.4) is 0 Å². The smallest absolute Gasteiger partial charge is 0.129 e. The molecule has 0 bridgehead atoms. The average Bonchev–Trinajstić information content (AvgIpc) is 2.03. The van der Waals surface area contributed by atoms with Gasteiger partial charge in [0.25, 0.3) is 0 Å². The van der Waals surface area contributed by atoms with Crippen molar-refractivity contribution in [3.8, 4) is 0 Å². The summed E-state index contributed by atoms with van der Waals surface area (Å²) < 4.78 is 0. The maximum absolute atomic E-state index is 5.68. The topological polar surface area (TPSA) is 25.2 Å². The van der Waals surface area contributed by atoms with E-state index in [4.69, 9.17) is 11.6 Å². The Morgan fingerprint density at radius 1 is 1.55 bits per heavy atom. The Labute approximate surface area is 70.9 Å². The monoisotopic (exact) mass is 168 g/mol. The normalized spacial score (nSPS) is 11.7. The minimum absolute atomic E-state index is 0.505. The summed E-state index contributed by atoms with van der Waals surface area (Å²) in [5.74, 6) is 0.